The third-order valence-electron chi connectivity index (χ3n) is 2.24. The molecule has 1 fully saturated rings. The van der Waals surface area contributed by atoms with Gasteiger partial charge in [0.2, 0.25) is 5.13 Å². The Balaban J connectivity index is 1.91. The second-order valence-corrected chi connectivity index (χ2v) is 4.43. The van der Waals surface area contributed by atoms with Crippen LogP contribution in [-0.4, -0.2) is 40.9 Å². The molecule has 2 heterocycles. The monoisotopic (exact) mass is 240 g/mol. The average Bonchev–Trinajstić information content (AvgIpc) is 2.77. The maximum Gasteiger partial charge on any atom is 0.219 e. The van der Waals surface area contributed by atoms with E-state index in [2.05, 4.69) is 26.6 Å². The van der Waals surface area contributed by atoms with Gasteiger partial charge in [-0.05, 0) is 0 Å². The van der Waals surface area contributed by atoms with Crippen LogP contribution in [0, 0.1) is 11.3 Å². The van der Waals surface area contributed by atoms with Gasteiger partial charge < -0.3 is 4.74 Å². The van der Waals surface area contributed by atoms with E-state index >= 15 is 0 Å². The van der Waals surface area contributed by atoms with Crippen LogP contribution >= 0.6 is 11.3 Å². The van der Waals surface area contributed by atoms with Crippen molar-refractivity contribution >= 4 is 16.5 Å². The zero-order valence-corrected chi connectivity index (χ0v) is 9.40. The molecule has 0 aromatic carbocycles. The SMILES string of the molecule is N#CC1CN(Cc2nnc(NN)s2)CCO1. The van der Waals surface area contributed by atoms with Gasteiger partial charge in [0.25, 0.3) is 0 Å². The van der Waals surface area contributed by atoms with Gasteiger partial charge in [-0.1, -0.05) is 11.3 Å². The van der Waals surface area contributed by atoms with Gasteiger partial charge in [-0.15, -0.1) is 10.2 Å². The molecule has 0 bridgehead atoms. The number of aromatic nitrogens is 2. The molecule has 0 radical (unpaired) electrons. The molecule has 1 unspecified atom stereocenters. The molecule has 8 heteroatoms. The maximum atomic E-state index is 8.76. The number of nitriles is 1. The highest BCUT2D eigenvalue weighted by Crippen LogP contribution is 2.16. The Morgan fingerprint density at radius 2 is 2.56 bits per heavy atom. The zero-order valence-electron chi connectivity index (χ0n) is 8.59. The van der Waals surface area contributed by atoms with Crippen molar-refractivity contribution in [3.8, 4) is 6.07 Å². The van der Waals surface area contributed by atoms with E-state index in [1.807, 2.05) is 0 Å². The second-order valence-electron chi connectivity index (χ2n) is 3.37. The van der Waals surface area contributed by atoms with Crippen molar-refractivity contribution in [3.63, 3.8) is 0 Å². The number of hydrazine groups is 1. The van der Waals surface area contributed by atoms with E-state index in [1.54, 1.807) is 0 Å². The van der Waals surface area contributed by atoms with E-state index < -0.39 is 0 Å². The molecule has 2 rings (SSSR count). The van der Waals surface area contributed by atoms with Gasteiger partial charge in [0.05, 0.1) is 19.2 Å². The largest absolute Gasteiger partial charge is 0.361 e. The van der Waals surface area contributed by atoms with Gasteiger partial charge in [0, 0.05) is 13.1 Å². The highest BCUT2D eigenvalue weighted by Gasteiger charge is 2.20. The van der Waals surface area contributed by atoms with Crippen LogP contribution < -0.4 is 11.3 Å². The van der Waals surface area contributed by atoms with Crippen molar-refractivity contribution in [2.24, 2.45) is 5.84 Å². The molecule has 7 nitrogen and oxygen atoms in total. The quantitative estimate of drug-likeness (QED) is 0.545. The molecular weight excluding hydrogens is 228 g/mol. The van der Waals surface area contributed by atoms with Gasteiger partial charge in [-0.3, -0.25) is 10.3 Å². The van der Waals surface area contributed by atoms with Gasteiger partial charge in [-0.25, -0.2) is 5.84 Å². The summed E-state index contributed by atoms with van der Waals surface area (Å²) in [6.45, 7) is 2.69. The summed E-state index contributed by atoms with van der Waals surface area (Å²) < 4.78 is 5.25. The van der Waals surface area contributed by atoms with Gasteiger partial charge >= 0.3 is 0 Å². The molecule has 1 atom stereocenters. The van der Waals surface area contributed by atoms with Crippen molar-refractivity contribution in [2.75, 3.05) is 25.1 Å². The number of ether oxygens (including phenoxy) is 1. The Labute approximate surface area is 96.8 Å². The first-order valence-corrected chi connectivity index (χ1v) is 5.66. The normalized spacial score (nSPS) is 21.6. The number of nitrogens with two attached hydrogens (primary N) is 1. The highest BCUT2D eigenvalue weighted by atomic mass is 32.1. The predicted molar refractivity (Wildman–Crippen MR) is 58.3 cm³/mol. The van der Waals surface area contributed by atoms with Crippen molar-refractivity contribution < 1.29 is 4.74 Å². The molecule has 86 valence electrons. The number of nitrogens with zero attached hydrogens (tertiary/aromatic N) is 4. The van der Waals surface area contributed by atoms with Gasteiger partial charge in [0.1, 0.15) is 5.01 Å². The van der Waals surface area contributed by atoms with Crippen LogP contribution in [0.2, 0.25) is 0 Å². The summed E-state index contributed by atoms with van der Waals surface area (Å²) in [4.78, 5) is 2.12. The fraction of sp³-hybridized carbons (Fsp3) is 0.625. The Hall–Kier alpha value is -1.27. The van der Waals surface area contributed by atoms with Crippen molar-refractivity contribution in [3.05, 3.63) is 5.01 Å². The molecule has 1 aromatic rings. The number of nitrogens with one attached hydrogen (secondary N) is 1. The summed E-state index contributed by atoms with van der Waals surface area (Å²) in [5.41, 5.74) is 2.45. The average molecular weight is 240 g/mol. The Morgan fingerprint density at radius 1 is 1.69 bits per heavy atom. The van der Waals surface area contributed by atoms with E-state index in [4.69, 9.17) is 15.8 Å². The smallest absolute Gasteiger partial charge is 0.219 e. The lowest BCUT2D eigenvalue weighted by Gasteiger charge is -2.28. The molecule has 1 aliphatic rings. The van der Waals surface area contributed by atoms with Crippen molar-refractivity contribution in [1.82, 2.24) is 15.1 Å². The van der Waals surface area contributed by atoms with Crippen LogP contribution in [0.25, 0.3) is 0 Å². The maximum absolute atomic E-state index is 8.76. The second kappa shape index (κ2) is 5.18. The molecule has 0 spiro atoms. The summed E-state index contributed by atoms with van der Waals surface area (Å²) in [6, 6.07) is 2.11. The molecular formula is C8H12N6OS. The lowest BCUT2D eigenvalue weighted by atomic mass is 10.3. The summed E-state index contributed by atoms with van der Waals surface area (Å²) in [5.74, 6) is 5.22. The number of nitrogen functional groups attached to an aromatic ring is 1. The third-order valence-corrected chi connectivity index (χ3v) is 3.08. The molecule has 1 aromatic heterocycles. The summed E-state index contributed by atoms with van der Waals surface area (Å²) in [5, 5.41) is 18.1. The van der Waals surface area contributed by atoms with Crippen LogP contribution in [0.4, 0.5) is 5.13 Å². The van der Waals surface area contributed by atoms with Crippen LogP contribution in [0.5, 0.6) is 0 Å². The van der Waals surface area contributed by atoms with E-state index in [9.17, 15) is 0 Å². The number of hydrogen-bond acceptors (Lipinski definition) is 8. The van der Waals surface area contributed by atoms with E-state index in [-0.39, 0.29) is 6.10 Å². The fourth-order valence-electron chi connectivity index (χ4n) is 1.49. The van der Waals surface area contributed by atoms with E-state index in [0.717, 1.165) is 11.6 Å². The van der Waals surface area contributed by atoms with Gasteiger partial charge in [-0.2, -0.15) is 5.26 Å². The molecule has 1 aliphatic heterocycles. The molecule has 0 saturated carbocycles. The molecule has 0 aliphatic carbocycles. The number of morpholine rings is 1. The first-order valence-electron chi connectivity index (χ1n) is 4.84. The van der Waals surface area contributed by atoms with Crippen LogP contribution in [0.1, 0.15) is 5.01 Å². The summed E-state index contributed by atoms with van der Waals surface area (Å²) >= 11 is 1.41. The van der Waals surface area contributed by atoms with Crippen LogP contribution in [0.3, 0.4) is 0 Å². The van der Waals surface area contributed by atoms with E-state index in [0.29, 0.717) is 24.8 Å². The Bertz CT molecular complexity index is 388. The van der Waals surface area contributed by atoms with Crippen LogP contribution in [0.15, 0.2) is 0 Å². The lowest BCUT2D eigenvalue weighted by molar-refractivity contribution is -0.00277. The van der Waals surface area contributed by atoms with Crippen molar-refractivity contribution in [1.29, 1.82) is 5.26 Å². The van der Waals surface area contributed by atoms with Crippen molar-refractivity contribution in [2.45, 2.75) is 12.6 Å². The standard InChI is InChI=1S/C8H12N6OS/c9-3-6-4-14(1-2-15-6)5-7-12-13-8(11-10)16-7/h6H,1-2,4-5,10H2,(H,11,13). The summed E-state index contributed by atoms with van der Waals surface area (Å²) in [6.07, 6.45) is -0.339. The third kappa shape index (κ3) is 2.65. The highest BCUT2D eigenvalue weighted by molar-refractivity contribution is 7.15. The number of hydrogen-bond donors (Lipinski definition) is 2. The minimum Gasteiger partial charge on any atom is -0.361 e. The zero-order chi connectivity index (χ0) is 11.4. The first-order chi connectivity index (χ1) is 7.81. The molecule has 3 N–H and O–H groups in total. The number of anilines is 1. The summed E-state index contributed by atoms with van der Waals surface area (Å²) in [7, 11) is 0. The first kappa shape index (κ1) is 11.2. The Morgan fingerprint density at radius 3 is 3.25 bits per heavy atom. The van der Waals surface area contributed by atoms with E-state index in [1.165, 1.54) is 11.3 Å². The number of rotatable bonds is 3. The predicted octanol–water partition coefficient (Wildman–Crippen LogP) is -0.452. The molecule has 16 heavy (non-hydrogen) atoms. The topological polar surface area (TPSA) is 100 Å². The van der Waals surface area contributed by atoms with Gasteiger partial charge in [0.15, 0.2) is 6.10 Å². The molecule has 0 amide bonds. The lowest BCUT2D eigenvalue weighted by Crippen LogP contribution is -2.41. The van der Waals surface area contributed by atoms with Crippen LogP contribution in [-0.2, 0) is 11.3 Å². The minimum atomic E-state index is -0.339. The Kier molecular flexibility index (Phi) is 3.63. The minimum absolute atomic E-state index is 0.339. The fourth-order valence-corrected chi connectivity index (χ4v) is 2.18. The molecule has 1 saturated heterocycles.